The number of piperazine rings is 1. The number of amides is 2. The Morgan fingerprint density at radius 2 is 1.85 bits per heavy atom. The highest BCUT2D eigenvalue weighted by atomic mass is 32.1. The van der Waals surface area contributed by atoms with Gasteiger partial charge in [-0.3, -0.25) is 14.5 Å². The van der Waals surface area contributed by atoms with Crippen LogP contribution in [0.2, 0.25) is 0 Å². The molecule has 0 radical (unpaired) electrons. The van der Waals surface area contributed by atoms with E-state index < -0.39 is 0 Å². The summed E-state index contributed by atoms with van der Waals surface area (Å²) in [5, 5.41) is 4.28. The molecule has 0 spiro atoms. The monoisotopic (exact) mass is 369 g/mol. The van der Waals surface area contributed by atoms with Crippen LogP contribution in [-0.4, -0.2) is 54.3 Å². The number of hydrogen-bond donors (Lipinski definition) is 0. The molecule has 3 heterocycles. The highest BCUT2D eigenvalue weighted by Crippen LogP contribution is 2.26. The van der Waals surface area contributed by atoms with Crippen LogP contribution in [-0.2, 0) is 16.1 Å². The maximum atomic E-state index is 12.9. The van der Waals surface area contributed by atoms with Gasteiger partial charge in [0.15, 0.2) is 0 Å². The molecule has 1 aromatic heterocycles. The van der Waals surface area contributed by atoms with Crippen molar-refractivity contribution in [1.29, 1.82) is 0 Å². The molecule has 2 aliphatic rings. The standard InChI is InChI=1S/C20H23N3O2S/c24-19-12-17(14-23(19)18-4-2-1-3-5-18)20(25)22-9-7-21(8-10-22)13-16-6-11-26-15-16/h1-6,11,15,17H,7-10,12-14H2/t17-/m0/s1. The molecule has 1 aromatic carbocycles. The fourth-order valence-corrected chi connectivity index (χ4v) is 4.42. The zero-order chi connectivity index (χ0) is 17.9. The molecule has 5 nitrogen and oxygen atoms in total. The van der Waals surface area contributed by atoms with Crippen molar-refractivity contribution in [2.75, 3.05) is 37.6 Å². The molecule has 4 rings (SSSR count). The minimum absolute atomic E-state index is 0.0469. The van der Waals surface area contributed by atoms with E-state index in [9.17, 15) is 9.59 Å². The van der Waals surface area contributed by atoms with Crippen molar-refractivity contribution < 1.29 is 9.59 Å². The molecule has 0 aliphatic carbocycles. The van der Waals surface area contributed by atoms with Gasteiger partial charge in [-0.1, -0.05) is 18.2 Å². The molecule has 136 valence electrons. The van der Waals surface area contributed by atoms with Gasteiger partial charge < -0.3 is 9.80 Å². The van der Waals surface area contributed by atoms with Crippen molar-refractivity contribution in [3.8, 4) is 0 Å². The van der Waals surface area contributed by atoms with Gasteiger partial charge in [0.2, 0.25) is 11.8 Å². The first-order chi connectivity index (χ1) is 12.7. The third kappa shape index (κ3) is 3.66. The second-order valence-electron chi connectivity index (χ2n) is 6.97. The van der Waals surface area contributed by atoms with Crippen LogP contribution in [0.4, 0.5) is 5.69 Å². The smallest absolute Gasteiger partial charge is 0.228 e. The van der Waals surface area contributed by atoms with Crippen molar-refractivity contribution in [2.24, 2.45) is 5.92 Å². The molecule has 26 heavy (non-hydrogen) atoms. The van der Waals surface area contributed by atoms with E-state index in [4.69, 9.17) is 0 Å². The molecule has 2 saturated heterocycles. The molecule has 0 saturated carbocycles. The largest absolute Gasteiger partial charge is 0.340 e. The lowest BCUT2D eigenvalue weighted by molar-refractivity contribution is -0.137. The Labute approximate surface area is 157 Å². The van der Waals surface area contributed by atoms with E-state index >= 15 is 0 Å². The Morgan fingerprint density at radius 1 is 1.08 bits per heavy atom. The molecular weight excluding hydrogens is 346 g/mol. The van der Waals surface area contributed by atoms with E-state index in [1.807, 2.05) is 35.2 Å². The van der Waals surface area contributed by atoms with Crippen LogP contribution in [0.15, 0.2) is 47.2 Å². The number of benzene rings is 1. The second-order valence-corrected chi connectivity index (χ2v) is 7.75. The Kier molecular flexibility index (Phi) is 5.04. The van der Waals surface area contributed by atoms with Gasteiger partial charge in [-0.05, 0) is 34.5 Å². The predicted molar refractivity (Wildman–Crippen MR) is 103 cm³/mol. The summed E-state index contributed by atoms with van der Waals surface area (Å²) in [5.74, 6) is -0.0382. The lowest BCUT2D eigenvalue weighted by Crippen LogP contribution is -2.50. The van der Waals surface area contributed by atoms with Crippen molar-refractivity contribution in [3.05, 3.63) is 52.7 Å². The molecular formula is C20H23N3O2S. The summed E-state index contributed by atoms with van der Waals surface area (Å²) in [5.41, 5.74) is 2.23. The third-order valence-corrected chi connectivity index (χ3v) is 5.94. The highest BCUT2D eigenvalue weighted by Gasteiger charge is 2.37. The van der Waals surface area contributed by atoms with Gasteiger partial charge in [0, 0.05) is 51.4 Å². The van der Waals surface area contributed by atoms with Crippen LogP contribution < -0.4 is 4.90 Å². The molecule has 2 aromatic rings. The summed E-state index contributed by atoms with van der Waals surface area (Å²) in [6.45, 7) is 4.74. The molecule has 6 heteroatoms. The predicted octanol–water partition coefficient (Wildman–Crippen LogP) is 2.45. The molecule has 1 atom stereocenters. The number of carbonyl (C=O) groups excluding carboxylic acids is 2. The topological polar surface area (TPSA) is 43.9 Å². The van der Waals surface area contributed by atoms with E-state index in [1.165, 1.54) is 5.56 Å². The fraction of sp³-hybridized carbons (Fsp3) is 0.400. The van der Waals surface area contributed by atoms with Crippen LogP contribution >= 0.6 is 11.3 Å². The first-order valence-corrected chi connectivity index (χ1v) is 10.0. The molecule has 2 amide bonds. The van der Waals surface area contributed by atoms with Gasteiger partial charge in [0.1, 0.15) is 0 Å². The highest BCUT2D eigenvalue weighted by molar-refractivity contribution is 7.07. The van der Waals surface area contributed by atoms with Crippen molar-refractivity contribution in [3.63, 3.8) is 0 Å². The number of hydrogen-bond acceptors (Lipinski definition) is 4. The lowest BCUT2D eigenvalue weighted by atomic mass is 10.1. The van der Waals surface area contributed by atoms with E-state index in [0.717, 1.165) is 38.4 Å². The minimum atomic E-state index is -0.217. The second kappa shape index (κ2) is 7.60. The van der Waals surface area contributed by atoms with Crippen LogP contribution in [0.5, 0.6) is 0 Å². The summed E-state index contributed by atoms with van der Waals surface area (Å²) in [6.07, 6.45) is 0.322. The Bertz CT molecular complexity index is 755. The Hall–Kier alpha value is -2.18. The van der Waals surface area contributed by atoms with E-state index in [2.05, 4.69) is 21.7 Å². The van der Waals surface area contributed by atoms with Crippen LogP contribution in [0.3, 0.4) is 0 Å². The van der Waals surface area contributed by atoms with Gasteiger partial charge in [-0.15, -0.1) is 0 Å². The molecule has 0 N–H and O–H groups in total. The zero-order valence-corrected chi connectivity index (χ0v) is 15.5. The average Bonchev–Trinajstić information content (AvgIpc) is 3.32. The zero-order valence-electron chi connectivity index (χ0n) is 14.7. The first kappa shape index (κ1) is 17.2. The normalized spacial score (nSPS) is 21.4. The summed E-state index contributed by atoms with van der Waals surface area (Å²) < 4.78 is 0. The fourth-order valence-electron chi connectivity index (χ4n) is 3.76. The first-order valence-electron chi connectivity index (χ1n) is 9.08. The van der Waals surface area contributed by atoms with Crippen molar-refractivity contribution in [1.82, 2.24) is 9.80 Å². The summed E-state index contributed by atoms with van der Waals surface area (Å²) in [6, 6.07) is 11.8. The number of para-hydroxylation sites is 1. The number of thiophene rings is 1. The Balaban J connectivity index is 1.32. The van der Waals surface area contributed by atoms with Crippen LogP contribution in [0, 0.1) is 5.92 Å². The third-order valence-electron chi connectivity index (χ3n) is 5.21. The maximum absolute atomic E-state index is 12.9. The molecule has 2 fully saturated rings. The number of rotatable bonds is 4. The number of nitrogens with zero attached hydrogens (tertiary/aromatic N) is 3. The number of anilines is 1. The van der Waals surface area contributed by atoms with Crippen molar-refractivity contribution in [2.45, 2.75) is 13.0 Å². The van der Waals surface area contributed by atoms with Crippen LogP contribution in [0.25, 0.3) is 0 Å². The van der Waals surface area contributed by atoms with Crippen LogP contribution in [0.1, 0.15) is 12.0 Å². The van der Waals surface area contributed by atoms with Gasteiger partial charge in [0.25, 0.3) is 0 Å². The Morgan fingerprint density at radius 3 is 2.54 bits per heavy atom. The SMILES string of the molecule is O=C([C@H]1CC(=O)N(c2ccccc2)C1)N1CCN(Cc2ccsc2)CC1. The summed E-state index contributed by atoms with van der Waals surface area (Å²) >= 11 is 1.72. The summed E-state index contributed by atoms with van der Waals surface area (Å²) in [7, 11) is 0. The lowest BCUT2D eigenvalue weighted by Gasteiger charge is -2.35. The van der Waals surface area contributed by atoms with Gasteiger partial charge in [-0.25, -0.2) is 0 Å². The summed E-state index contributed by atoms with van der Waals surface area (Å²) in [4.78, 5) is 31.3. The van der Waals surface area contributed by atoms with Gasteiger partial charge in [0.05, 0.1) is 5.92 Å². The maximum Gasteiger partial charge on any atom is 0.228 e. The average molecular weight is 369 g/mol. The quantitative estimate of drug-likeness (QED) is 0.832. The van der Waals surface area contributed by atoms with Crippen molar-refractivity contribution >= 4 is 28.8 Å². The molecule has 0 unspecified atom stereocenters. The molecule has 0 bridgehead atoms. The molecule has 2 aliphatic heterocycles. The number of carbonyl (C=O) groups is 2. The minimum Gasteiger partial charge on any atom is -0.340 e. The van der Waals surface area contributed by atoms with Gasteiger partial charge in [-0.2, -0.15) is 11.3 Å². The van der Waals surface area contributed by atoms with E-state index in [-0.39, 0.29) is 17.7 Å². The van der Waals surface area contributed by atoms with Gasteiger partial charge >= 0.3 is 0 Å². The van der Waals surface area contributed by atoms with E-state index in [0.29, 0.717) is 13.0 Å². The van der Waals surface area contributed by atoms with E-state index in [1.54, 1.807) is 16.2 Å².